The van der Waals surface area contributed by atoms with Gasteiger partial charge in [-0.3, -0.25) is 5.10 Å². The molecule has 3 aromatic rings. The normalized spacial score (nSPS) is 10.7. The van der Waals surface area contributed by atoms with Crippen LogP contribution in [0.15, 0.2) is 47.0 Å². The Morgan fingerprint density at radius 1 is 1.20 bits per heavy atom. The van der Waals surface area contributed by atoms with Crippen molar-refractivity contribution in [3.8, 4) is 11.5 Å². The minimum Gasteiger partial charge on any atom is -0.460 e. The highest BCUT2D eigenvalue weighted by Crippen LogP contribution is 2.24. The summed E-state index contributed by atoms with van der Waals surface area (Å²) >= 11 is 5.86. The summed E-state index contributed by atoms with van der Waals surface area (Å²) in [5, 5.41) is 11.1. The molecule has 0 aliphatic heterocycles. The Morgan fingerprint density at radius 3 is 2.70 bits per heavy atom. The first-order valence-corrected chi connectivity index (χ1v) is 6.68. The van der Waals surface area contributed by atoms with Crippen LogP contribution in [0.5, 0.6) is 0 Å². The molecule has 20 heavy (non-hydrogen) atoms. The van der Waals surface area contributed by atoms with Crippen molar-refractivity contribution in [1.29, 1.82) is 0 Å². The third kappa shape index (κ3) is 2.70. The summed E-state index contributed by atoms with van der Waals surface area (Å²) in [5.41, 5.74) is 2.96. The topological polar surface area (TPSA) is 53.9 Å². The second-order valence-electron chi connectivity index (χ2n) is 4.54. The fourth-order valence-corrected chi connectivity index (χ4v) is 2.12. The molecule has 2 heterocycles. The average molecular weight is 288 g/mol. The quantitative estimate of drug-likeness (QED) is 0.754. The lowest BCUT2D eigenvalue weighted by Crippen LogP contribution is -1.99. The first-order valence-electron chi connectivity index (χ1n) is 6.31. The summed E-state index contributed by atoms with van der Waals surface area (Å²) in [6.45, 7) is 2.58. The second kappa shape index (κ2) is 5.43. The van der Waals surface area contributed by atoms with Crippen molar-refractivity contribution in [2.45, 2.75) is 13.5 Å². The molecule has 0 unspecified atom stereocenters. The van der Waals surface area contributed by atoms with E-state index in [2.05, 4.69) is 15.5 Å². The molecule has 0 fully saturated rings. The smallest absolute Gasteiger partial charge is 0.152 e. The molecule has 0 aliphatic rings. The van der Waals surface area contributed by atoms with Crippen molar-refractivity contribution >= 4 is 17.3 Å². The van der Waals surface area contributed by atoms with E-state index < -0.39 is 0 Å². The van der Waals surface area contributed by atoms with E-state index >= 15 is 0 Å². The fraction of sp³-hybridized carbons (Fsp3) is 0.133. The molecule has 0 radical (unpaired) electrons. The third-order valence-electron chi connectivity index (χ3n) is 3.03. The molecule has 0 bridgehead atoms. The number of halogens is 1. The molecule has 5 heteroatoms. The standard InChI is InChI=1S/C15H14ClN3O/c1-10-2-7-14(20-10)15-11(9-18-19-15)8-17-13-5-3-12(16)4-6-13/h2-7,9,17H,8H2,1H3,(H,18,19). The number of aromatic amines is 1. The van der Waals surface area contributed by atoms with Crippen LogP contribution in [0.4, 0.5) is 5.69 Å². The summed E-state index contributed by atoms with van der Waals surface area (Å²) in [5.74, 6) is 1.68. The predicted octanol–water partition coefficient (Wildman–Crippen LogP) is 4.24. The highest BCUT2D eigenvalue weighted by Gasteiger charge is 2.10. The lowest BCUT2D eigenvalue weighted by atomic mass is 10.2. The van der Waals surface area contributed by atoms with Gasteiger partial charge in [-0.2, -0.15) is 5.10 Å². The van der Waals surface area contributed by atoms with Gasteiger partial charge in [-0.1, -0.05) is 11.6 Å². The minimum absolute atomic E-state index is 0.660. The first kappa shape index (κ1) is 12.8. The van der Waals surface area contributed by atoms with Gasteiger partial charge in [0.15, 0.2) is 5.76 Å². The Kier molecular flexibility index (Phi) is 3.48. The van der Waals surface area contributed by atoms with Gasteiger partial charge >= 0.3 is 0 Å². The summed E-state index contributed by atoms with van der Waals surface area (Å²) in [6, 6.07) is 11.5. The van der Waals surface area contributed by atoms with Gasteiger partial charge in [0.1, 0.15) is 11.5 Å². The van der Waals surface area contributed by atoms with Crippen LogP contribution < -0.4 is 5.32 Å². The maximum atomic E-state index is 5.86. The zero-order valence-electron chi connectivity index (χ0n) is 11.0. The Bertz CT molecular complexity index is 700. The number of aromatic nitrogens is 2. The average Bonchev–Trinajstić information content (AvgIpc) is 3.06. The summed E-state index contributed by atoms with van der Waals surface area (Å²) in [6.07, 6.45) is 1.80. The third-order valence-corrected chi connectivity index (χ3v) is 3.28. The van der Waals surface area contributed by atoms with Gasteiger partial charge in [0.2, 0.25) is 0 Å². The van der Waals surface area contributed by atoms with E-state index in [9.17, 15) is 0 Å². The van der Waals surface area contributed by atoms with E-state index in [0.717, 1.165) is 33.5 Å². The van der Waals surface area contributed by atoms with Gasteiger partial charge in [-0.05, 0) is 43.3 Å². The lowest BCUT2D eigenvalue weighted by Gasteiger charge is -2.06. The van der Waals surface area contributed by atoms with Gasteiger partial charge in [0, 0.05) is 22.8 Å². The molecule has 0 amide bonds. The maximum absolute atomic E-state index is 5.86. The van der Waals surface area contributed by atoms with Crippen LogP contribution in [-0.4, -0.2) is 10.2 Å². The second-order valence-corrected chi connectivity index (χ2v) is 4.98. The molecule has 2 aromatic heterocycles. The molecule has 0 saturated carbocycles. The SMILES string of the molecule is Cc1ccc(-c2[nH]ncc2CNc2ccc(Cl)cc2)o1. The monoisotopic (exact) mass is 287 g/mol. The highest BCUT2D eigenvalue weighted by molar-refractivity contribution is 6.30. The van der Waals surface area contributed by atoms with Gasteiger partial charge in [-0.25, -0.2) is 0 Å². The number of H-pyrrole nitrogens is 1. The molecular weight excluding hydrogens is 274 g/mol. The Hall–Kier alpha value is -2.20. The van der Waals surface area contributed by atoms with Gasteiger partial charge in [0.25, 0.3) is 0 Å². The van der Waals surface area contributed by atoms with Crippen molar-refractivity contribution in [3.63, 3.8) is 0 Å². The summed E-state index contributed by atoms with van der Waals surface area (Å²) < 4.78 is 5.62. The van der Waals surface area contributed by atoms with Gasteiger partial charge < -0.3 is 9.73 Å². The van der Waals surface area contributed by atoms with Gasteiger partial charge in [-0.15, -0.1) is 0 Å². The number of rotatable bonds is 4. The molecule has 4 nitrogen and oxygen atoms in total. The van der Waals surface area contributed by atoms with Gasteiger partial charge in [0.05, 0.1) is 6.20 Å². The van der Waals surface area contributed by atoms with Crippen molar-refractivity contribution < 1.29 is 4.42 Å². The van der Waals surface area contributed by atoms with Crippen molar-refractivity contribution in [1.82, 2.24) is 10.2 Å². The van der Waals surface area contributed by atoms with Crippen LogP contribution in [-0.2, 0) is 6.54 Å². The largest absolute Gasteiger partial charge is 0.460 e. The van der Waals surface area contributed by atoms with Crippen LogP contribution in [0, 0.1) is 6.92 Å². The minimum atomic E-state index is 0.660. The van der Waals surface area contributed by atoms with E-state index in [-0.39, 0.29) is 0 Å². The first-order chi connectivity index (χ1) is 9.72. The zero-order valence-corrected chi connectivity index (χ0v) is 11.7. The molecule has 0 aliphatic carbocycles. The van der Waals surface area contributed by atoms with Crippen molar-refractivity contribution in [3.05, 3.63) is 58.9 Å². The van der Waals surface area contributed by atoms with Crippen LogP contribution in [0.3, 0.4) is 0 Å². The van der Waals surface area contributed by atoms with E-state index in [1.807, 2.05) is 43.3 Å². The Morgan fingerprint density at radius 2 is 2.00 bits per heavy atom. The predicted molar refractivity (Wildman–Crippen MR) is 79.8 cm³/mol. The molecule has 0 atom stereocenters. The maximum Gasteiger partial charge on any atom is 0.152 e. The number of furan rings is 1. The number of anilines is 1. The molecule has 3 rings (SSSR count). The van der Waals surface area contributed by atoms with E-state index in [4.69, 9.17) is 16.0 Å². The number of hydrogen-bond acceptors (Lipinski definition) is 3. The molecule has 0 spiro atoms. The number of nitrogens with zero attached hydrogens (tertiary/aromatic N) is 1. The number of aryl methyl sites for hydroxylation is 1. The Balaban J connectivity index is 1.75. The van der Waals surface area contributed by atoms with Crippen molar-refractivity contribution in [2.24, 2.45) is 0 Å². The Labute approximate surface area is 121 Å². The van der Waals surface area contributed by atoms with Crippen LogP contribution in [0.2, 0.25) is 5.02 Å². The van der Waals surface area contributed by atoms with E-state index in [1.54, 1.807) is 6.20 Å². The summed E-state index contributed by atoms with van der Waals surface area (Å²) in [4.78, 5) is 0. The number of benzene rings is 1. The molecule has 2 N–H and O–H groups in total. The number of hydrogen-bond donors (Lipinski definition) is 2. The molecule has 102 valence electrons. The molecule has 1 aromatic carbocycles. The van der Waals surface area contributed by atoms with Crippen molar-refractivity contribution in [2.75, 3.05) is 5.32 Å². The van der Waals surface area contributed by atoms with Crippen LogP contribution in [0.25, 0.3) is 11.5 Å². The highest BCUT2D eigenvalue weighted by atomic mass is 35.5. The molecular formula is C15H14ClN3O. The summed E-state index contributed by atoms with van der Waals surface area (Å²) in [7, 11) is 0. The van der Waals surface area contributed by atoms with E-state index in [1.165, 1.54) is 0 Å². The van der Waals surface area contributed by atoms with Crippen LogP contribution in [0.1, 0.15) is 11.3 Å². The molecule has 0 saturated heterocycles. The zero-order chi connectivity index (χ0) is 13.9. The fourth-order valence-electron chi connectivity index (χ4n) is 1.99. The lowest BCUT2D eigenvalue weighted by molar-refractivity contribution is 0.545. The number of nitrogens with one attached hydrogen (secondary N) is 2. The van der Waals surface area contributed by atoms with Crippen LogP contribution >= 0.6 is 11.6 Å². The van der Waals surface area contributed by atoms with E-state index in [0.29, 0.717) is 6.54 Å².